The number of rotatable bonds is 7. The fraction of sp³-hybridized carbons (Fsp3) is 0.381. The average molecular weight is 354 g/mol. The van der Waals surface area contributed by atoms with Crippen LogP contribution in [0.25, 0.3) is 0 Å². The Hall–Kier alpha value is -2.37. The van der Waals surface area contributed by atoms with E-state index in [-0.39, 0.29) is 12.5 Å². The van der Waals surface area contributed by atoms with Crippen molar-refractivity contribution in [3.8, 4) is 5.75 Å². The van der Waals surface area contributed by atoms with Crippen LogP contribution in [0.4, 0.5) is 0 Å². The van der Waals surface area contributed by atoms with Gasteiger partial charge in [0.15, 0.2) is 0 Å². The molecule has 0 saturated carbocycles. The molecule has 138 valence electrons. The van der Waals surface area contributed by atoms with Crippen molar-refractivity contribution in [3.63, 3.8) is 0 Å². The number of ether oxygens (including phenoxy) is 1. The molecule has 2 aromatic carbocycles. The molecule has 5 heteroatoms. The van der Waals surface area contributed by atoms with Crippen LogP contribution in [0.2, 0.25) is 0 Å². The van der Waals surface area contributed by atoms with Crippen LogP contribution in [0.5, 0.6) is 5.75 Å². The SMILES string of the molecule is COc1cccc(CCc2ccccc2C(=O)NC[C@@]2(O)CCNC2)c1. The van der Waals surface area contributed by atoms with E-state index in [9.17, 15) is 9.90 Å². The topological polar surface area (TPSA) is 70.6 Å². The molecule has 1 aliphatic heterocycles. The summed E-state index contributed by atoms with van der Waals surface area (Å²) in [6, 6.07) is 15.6. The first-order valence-electron chi connectivity index (χ1n) is 9.02. The predicted molar refractivity (Wildman–Crippen MR) is 102 cm³/mol. The lowest BCUT2D eigenvalue weighted by atomic mass is 9.98. The zero-order valence-corrected chi connectivity index (χ0v) is 15.1. The van der Waals surface area contributed by atoms with E-state index in [1.54, 1.807) is 7.11 Å². The van der Waals surface area contributed by atoms with E-state index in [1.165, 1.54) is 5.56 Å². The highest BCUT2D eigenvalue weighted by Crippen LogP contribution is 2.17. The standard InChI is InChI=1S/C21H26N2O3/c1-26-18-7-4-5-16(13-18)9-10-17-6-2-3-8-19(17)20(24)23-15-21(25)11-12-22-14-21/h2-8,13,22,25H,9-12,14-15H2,1H3,(H,23,24)/t21-/m1/s1. The lowest BCUT2D eigenvalue weighted by Gasteiger charge is -2.22. The molecule has 0 spiro atoms. The monoisotopic (exact) mass is 354 g/mol. The van der Waals surface area contributed by atoms with Gasteiger partial charge in [0.2, 0.25) is 0 Å². The summed E-state index contributed by atoms with van der Waals surface area (Å²) in [4.78, 5) is 12.6. The smallest absolute Gasteiger partial charge is 0.251 e. The van der Waals surface area contributed by atoms with Crippen LogP contribution in [0.1, 0.15) is 27.9 Å². The Morgan fingerprint density at radius 2 is 2.08 bits per heavy atom. The summed E-state index contributed by atoms with van der Waals surface area (Å²) in [6.45, 7) is 1.57. The largest absolute Gasteiger partial charge is 0.497 e. The van der Waals surface area contributed by atoms with Gasteiger partial charge in [-0.15, -0.1) is 0 Å². The third-order valence-corrected chi connectivity index (χ3v) is 4.88. The molecule has 26 heavy (non-hydrogen) atoms. The Bertz CT molecular complexity index is 754. The molecular formula is C21H26N2O3. The number of hydrogen-bond donors (Lipinski definition) is 3. The average Bonchev–Trinajstić information content (AvgIpc) is 3.12. The molecule has 1 amide bonds. The number of benzene rings is 2. The Balaban J connectivity index is 1.64. The molecule has 3 rings (SSSR count). The van der Waals surface area contributed by atoms with Gasteiger partial charge in [0.1, 0.15) is 5.75 Å². The summed E-state index contributed by atoms with van der Waals surface area (Å²) in [5.41, 5.74) is 2.01. The van der Waals surface area contributed by atoms with Crippen molar-refractivity contribution in [1.82, 2.24) is 10.6 Å². The van der Waals surface area contributed by atoms with E-state index in [2.05, 4.69) is 16.7 Å². The minimum Gasteiger partial charge on any atom is -0.497 e. The first-order chi connectivity index (χ1) is 12.6. The van der Waals surface area contributed by atoms with E-state index in [1.807, 2.05) is 42.5 Å². The van der Waals surface area contributed by atoms with E-state index in [4.69, 9.17) is 4.74 Å². The molecule has 3 N–H and O–H groups in total. The maximum atomic E-state index is 12.6. The fourth-order valence-electron chi connectivity index (χ4n) is 3.29. The Labute approximate surface area is 154 Å². The Morgan fingerprint density at radius 1 is 1.23 bits per heavy atom. The molecule has 0 aromatic heterocycles. The van der Waals surface area contributed by atoms with Crippen LogP contribution in [0.15, 0.2) is 48.5 Å². The second kappa shape index (κ2) is 8.34. The van der Waals surface area contributed by atoms with Gasteiger partial charge >= 0.3 is 0 Å². The molecule has 2 aromatic rings. The maximum absolute atomic E-state index is 12.6. The van der Waals surface area contributed by atoms with Gasteiger partial charge in [-0.05, 0) is 55.1 Å². The van der Waals surface area contributed by atoms with Crippen LogP contribution < -0.4 is 15.4 Å². The molecular weight excluding hydrogens is 328 g/mol. The zero-order valence-electron chi connectivity index (χ0n) is 15.1. The van der Waals surface area contributed by atoms with E-state index < -0.39 is 5.60 Å². The van der Waals surface area contributed by atoms with Crippen LogP contribution in [-0.2, 0) is 12.8 Å². The molecule has 1 aliphatic rings. The second-order valence-corrected chi connectivity index (χ2v) is 6.84. The quantitative estimate of drug-likeness (QED) is 0.711. The molecule has 0 radical (unpaired) electrons. The van der Waals surface area contributed by atoms with Gasteiger partial charge in [-0.3, -0.25) is 4.79 Å². The van der Waals surface area contributed by atoms with Crippen LogP contribution in [0.3, 0.4) is 0 Å². The molecule has 1 saturated heterocycles. The second-order valence-electron chi connectivity index (χ2n) is 6.84. The third kappa shape index (κ3) is 4.62. The van der Waals surface area contributed by atoms with Gasteiger partial charge < -0.3 is 20.5 Å². The van der Waals surface area contributed by atoms with Crippen molar-refractivity contribution in [2.45, 2.75) is 24.9 Å². The zero-order chi connectivity index (χ0) is 18.4. The van der Waals surface area contributed by atoms with Crippen molar-refractivity contribution >= 4 is 5.91 Å². The van der Waals surface area contributed by atoms with Gasteiger partial charge in [-0.2, -0.15) is 0 Å². The summed E-state index contributed by atoms with van der Waals surface area (Å²) >= 11 is 0. The van der Waals surface area contributed by atoms with Crippen LogP contribution >= 0.6 is 0 Å². The summed E-state index contributed by atoms with van der Waals surface area (Å²) < 4.78 is 5.27. The molecule has 1 fully saturated rings. The normalized spacial score (nSPS) is 19.3. The maximum Gasteiger partial charge on any atom is 0.251 e. The Kier molecular flexibility index (Phi) is 5.91. The predicted octanol–water partition coefficient (Wildman–Crippen LogP) is 1.93. The molecule has 0 unspecified atom stereocenters. The van der Waals surface area contributed by atoms with Crippen molar-refractivity contribution in [2.75, 3.05) is 26.7 Å². The molecule has 5 nitrogen and oxygen atoms in total. The number of hydrogen-bond acceptors (Lipinski definition) is 4. The van der Waals surface area contributed by atoms with Gasteiger partial charge in [-0.25, -0.2) is 0 Å². The summed E-state index contributed by atoms with van der Waals surface area (Å²) in [5, 5.41) is 16.4. The lowest BCUT2D eigenvalue weighted by molar-refractivity contribution is 0.0561. The van der Waals surface area contributed by atoms with E-state index >= 15 is 0 Å². The molecule has 1 atom stereocenters. The Morgan fingerprint density at radius 3 is 2.85 bits per heavy atom. The highest BCUT2D eigenvalue weighted by atomic mass is 16.5. The number of aryl methyl sites for hydroxylation is 2. The van der Waals surface area contributed by atoms with Crippen molar-refractivity contribution in [2.24, 2.45) is 0 Å². The summed E-state index contributed by atoms with van der Waals surface area (Å²) in [7, 11) is 1.66. The number of carbonyl (C=O) groups excluding carboxylic acids is 1. The van der Waals surface area contributed by atoms with Crippen molar-refractivity contribution in [3.05, 3.63) is 65.2 Å². The van der Waals surface area contributed by atoms with Crippen molar-refractivity contribution < 1.29 is 14.6 Å². The highest BCUT2D eigenvalue weighted by Gasteiger charge is 2.31. The van der Waals surface area contributed by atoms with Gasteiger partial charge in [-0.1, -0.05) is 30.3 Å². The summed E-state index contributed by atoms with van der Waals surface area (Å²) in [6.07, 6.45) is 2.25. The first-order valence-corrected chi connectivity index (χ1v) is 9.02. The lowest BCUT2D eigenvalue weighted by Crippen LogP contribution is -2.44. The first kappa shape index (κ1) is 18.4. The minimum atomic E-state index is -0.842. The van der Waals surface area contributed by atoms with E-state index in [0.717, 1.165) is 30.7 Å². The molecule has 1 heterocycles. The van der Waals surface area contributed by atoms with Crippen LogP contribution in [-0.4, -0.2) is 43.4 Å². The fourth-order valence-corrected chi connectivity index (χ4v) is 3.29. The highest BCUT2D eigenvalue weighted by molar-refractivity contribution is 5.95. The van der Waals surface area contributed by atoms with Gasteiger partial charge in [0.25, 0.3) is 5.91 Å². The number of β-amino-alcohol motifs (C(OH)–C–C–N with tert-alkyl or cyclic N) is 1. The van der Waals surface area contributed by atoms with Gasteiger partial charge in [0.05, 0.1) is 12.7 Å². The molecule has 0 aliphatic carbocycles. The number of methoxy groups -OCH3 is 1. The number of aliphatic hydroxyl groups is 1. The van der Waals surface area contributed by atoms with Crippen molar-refractivity contribution in [1.29, 1.82) is 0 Å². The van der Waals surface area contributed by atoms with Gasteiger partial charge in [0, 0.05) is 18.7 Å². The summed E-state index contributed by atoms with van der Waals surface area (Å²) in [5.74, 6) is 0.707. The number of nitrogens with one attached hydrogen (secondary N) is 2. The van der Waals surface area contributed by atoms with Crippen LogP contribution in [0, 0.1) is 0 Å². The van der Waals surface area contributed by atoms with E-state index in [0.29, 0.717) is 18.5 Å². The number of amides is 1. The molecule has 0 bridgehead atoms. The number of carbonyl (C=O) groups is 1. The third-order valence-electron chi connectivity index (χ3n) is 4.88. The minimum absolute atomic E-state index is 0.133.